The SMILES string of the molecule is CC(C)(C)C1=BCB1. The van der Waals surface area contributed by atoms with E-state index in [1.807, 2.05) is 0 Å². The predicted octanol–water partition coefficient (Wildman–Crippen LogP) is 0.692. The monoisotopic (exact) mass is 106 g/mol. The zero-order valence-corrected chi connectivity index (χ0v) is 5.99. The molecule has 0 unspecified atom stereocenters. The fourth-order valence-electron chi connectivity index (χ4n) is 0.970. The van der Waals surface area contributed by atoms with Crippen molar-refractivity contribution in [3.8, 4) is 0 Å². The predicted molar refractivity (Wildman–Crippen MR) is 42.2 cm³/mol. The van der Waals surface area contributed by atoms with Gasteiger partial charge in [-0.25, -0.2) is 0 Å². The molecule has 1 rings (SSSR count). The van der Waals surface area contributed by atoms with Gasteiger partial charge in [-0.1, -0.05) is 0 Å². The summed E-state index contributed by atoms with van der Waals surface area (Å²) in [5.74, 6) is 0. The first kappa shape index (κ1) is 6.12. The van der Waals surface area contributed by atoms with E-state index in [-0.39, 0.29) is 0 Å². The van der Waals surface area contributed by atoms with Crippen LogP contribution in [0.25, 0.3) is 0 Å². The summed E-state index contributed by atoms with van der Waals surface area (Å²) in [6, 6.07) is 0. The Hall–Kier alpha value is -0.000130. The van der Waals surface area contributed by atoms with Crippen LogP contribution in [0.5, 0.6) is 0 Å². The van der Waals surface area contributed by atoms with Crippen molar-refractivity contribution in [2.75, 3.05) is 0 Å². The summed E-state index contributed by atoms with van der Waals surface area (Å²) in [7, 11) is 1.34. The Balaban J connectivity index is 2.59. The van der Waals surface area contributed by atoms with Crippen LogP contribution in [-0.4, -0.2) is 19.6 Å². The van der Waals surface area contributed by atoms with Gasteiger partial charge in [0.1, 0.15) is 0 Å². The van der Waals surface area contributed by atoms with E-state index in [0.29, 0.717) is 5.41 Å². The van der Waals surface area contributed by atoms with Crippen molar-refractivity contribution >= 4 is 19.6 Å². The van der Waals surface area contributed by atoms with Crippen LogP contribution in [0.3, 0.4) is 0 Å². The van der Waals surface area contributed by atoms with E-state index in [0.717, 1.165) is 0 Å². The molecule has 1 aliphatic rings. The average molecular weight is 106 g/mol. The third kappa shape index (κ3) is 1.04. The third-order valence-electron chi connectivity index (χ3n) is 1.77. The fraction of sp³-hybridized carbons (Fsp3) is 0.833. The Labute approximate surface area is 52.8 Å². The second kappa shape index (κ2) is 1.75. The van der Waals surface area contributed by atoms with Crippen LogP contribution in [0.1, 0.15) is 20.8 Å². The maximum absolute atomic E-state index is 2.35. The van der Waals surface area contributed by atoms with Gasteiger partial charge in [-0.15, -0.1) is 0 Å². The van der Waals surface area contributed by atoms with Crippen molar-refractivity contribution in [2.24, 2.45) is 5.41 Å². The summed E-state index contributed by atoms with van der Waals surface area (Å²) >= 11 is 0. The Morgan fingerprint density at radius 1 is 1.50 bits per heavy atom. The maximum atomic E-state index is 2.35. The third-order valence-corrected chi connectivity index (χ3v) is 1.77. The van der Waals surface area contributed by atoms with Gasteiger partial charge in [0.05, 0.1) is 0 Å². The minimum atomic E-state index is 0.457. The molecule has 0 N–H and O–H groups in total. The van der Waals surface area contributed by atoms with Gasteiger partial charge in [0.25, 0.3) is 0 Å². The standard InChI is InChI=1S/C6H12B2/c1-6(2,3)5-7-4-8-5/h7H,4H2,1-3H3. The molecule has 0 aromatic carbocycles. The molecular weight excluding hydrogens is 93.7 g/mol. The van der Waals surface area contributed by atoms with Crippen LogP contribution in [-0.2, 0) is 0 Å². The summed E-state index contributed by atoms with van der Waals surface area (Å²) in [5, 5.41) is 1.64. The van der Waals surface area contributed by atoms with Gasteiger partial charge in [-0.3, -0.25) is 0 Å². The molecular formula is C6H12B2. The van der Waals surface area contributed by atoms with Gasteiger partial charge in [0.15, 0.2) is 0 Å². The molecule has 8 heavy (non-hydrogen) atoms. The van der Waals surface area contributed by atoms with Crippen molar-refractivity contribution in [3.63, 3.8) is 0 Å². The van der Waals surface area contributed by atoms with Crippen molar-refractivity contribution in [1.29, 1.82) is 0 Å². The Morgan fingerprint density at radius 3 is 2.00 bits per heavy atom. The topological polar surface area (TPSA) is 0 Å². The van der Waals surface area contributed by atoms with E-state index in [2.05, 4.69) is 27.7 Å². The molecule has 0 aromatic rings. The van der Waals surface area contributed by atoms with Gasteiger partial charge < -0.3 is 0 Å². The summed E-state index contributed by atoms with van der Waals surface area (Å²) in [5.41, 5.74) is 0.457. The molecule has 0 saturated carbocycles. The van der Waals surface area contributed by atoms with Crippen molar-refractivity contribution in [2.45, 2.75) is 27.0 Å². The van der Waals surface area contributed by atoms with Crippen LogP contribution in [0.2, 0.25) is 6.22 Å². The van der Waals surface area contributed by atoms with E-state index in [1.54, 1.807) is 5.36 Å². The number of rotatable bonds is 0. The first-order valence-electron chi connectivity index (χ1n) is 3.30. The molecule has 42 valence electrons. The molecule has 0 aromatic heterocycles. The summed E-state index contributed by atoms with van der Waals surface area (Å²) in [6.45, 7) is 9.17. The van der Waals surface area contributed by atoms with Crippen LogP contribution in [0.4, 0.5) is 0 Å². The number of hydrogen-bond donors (Lipinski definition) is 0. The van der Waals surface area contributed by atoms with Crippen molar-refractivity contribution < 1.29 is 0 Å². The Kier molecular flexibility index (Phi) is 1.34. The van der Waals surface area contributed by atoms with E-state index >= 15 is 0 Å². The van der Waals surface area contributed by atoms with Gasteiger partial charge in [-0.05, 0) is 0 Å². The molecule has 1 heterocycles. The second-order valence-corrected chi connectivity index (χ2v) is 3.52. The summed E-state index contributed by atoms with van der Waals surface area (Å²) < 4.78 is 0. The first-order valence-corrected chi connectivity index (χ1v) is 3.30. The molecule has 0 amide bonds. The zero-order valence-electron chi connectivity index (χ0n) is 5.99. The van der Waals surface area contributed by atoms with Crippen LogP contribution < -0.4 is 0 Å². The second-order valence-electron chi connectivity index (χ2n) is 3.52. The Morgan fingerprint density at radius 2 is 2.00 bits per heavy atom. The summed E-state index contributed by atoms with van der Waals surface area (Å²) in [4.78, 5) is 0. The van der Waals surface area contributed by atoms with E-state index in [4.69, 9.17) is 0 Å². The molecule has 0 fully saturated rings. The van der Waals surface area contributed by atoms with Gasteiger partial charge in [0.2, 0.25) is 0 Å². The molecule has 0 bridgehead atoms. The van der Waals surface area contributed by atoms with Gasteiger partial charge in [-0.2, -0.15) is 0 Å². The molecule has 0 nitrogen and oxygen atoms in total. The molecule has 0 atom stereocenters. The van der Waals surface area contributed by atoms with Crippen molar-refractivity contribution in [3.05, 3.63) is 0 Å². The van der Waals surface area contributed by atoms with Crippen molar-refractivity contribution in [1.82, 2.24) is 0 Å². The minimum absolute atomic E-state index is 0.457. The van der Waals surface area contributed by atoms with E-state index in [1.165, 1.54) is 13.5 Å². The van der Waals surface area contributed by atoms with Crippen LogP contribution in [0.15, 0.2) is 0 Å². The van der Waals surface area contributed by atoms with E-state index < -0.39 is 0 Å². The molecule has 0 radical (unpaired) electrons. The molecule has 0 spiro atoms. The first-order chi connectivity index (χ1) is 3.61. The normalized spacial score (nSPS) is 17.6. The van der Waals surface area contributed by atoms with Gasteiger partial charge >= 0.3 is 52.0 Å². The Bertz CT molecular complexity index is 119. The molecule has 1 aliphatic heterocycles. The summed E-state index contributed by atoms with van der Waals surface area (Å²) in [6.07, 6.45) is 1.31. The quantitative estimate of drug-likeness (QED) is 0.398. The number of hydrogen-bond acceptors (Lipinski definition) is 0. The molecule has 0 aliphatic carbocycles. The van der Waals surface area contributed by atoms with Gasteiger partial charge in [0, 0.05) is 0 Å². The van der Waals surface area contributed by atoms with Crippen LogP contribution >= 0.6 is 0 Å². The average Bonchev–Trinajstić information content (AvgIpc) is 1.16. The fourth-order valence-corrected chi connectivity index (χ4v) is 0.970. The zero-order chi connectivity index (χ0) is 6.20. The molecule has 2 heteroatoms. The molecule has 0 saturated heterocycles. The van der Waals surface area contributed by atoms with E-state index in [9.17, 15) is 0 Å². The van der Waals surface area contributed by atoms with Crippen LogP contribution in [0, 0.1) is 5.41 Å².